The number of aromatic amines is 2. The molecule has 10 heteroatoms. The molecule has 9 nitrogen and oxygen atoms in total. The first-order chi connectivity index (χ1) is 9.88. The summed E-state index contributed by atoms with van der Waals surface area (Å²) in [6.07, 6.45) is 6.58. The van der Waals surface area contributed by atoms with Crippen LogP contribution in [0.15, 0.2) is 28.0 Å². The average Bonchev–Trinajstić information content (AvgIpc) is 3.12. The van der Waals surface area contributed by atoms with Gasteiger partial charge in [0.15, 0.2) is 0 Å². The molecule has 0 aromatic carbocycles. The van der Waals surface area contributed by atoms with Crippen LogP contribution in [0.25, 0.3) is 22.3 Å². The fourth-order valence-electron chi connectivity index (χ4n) is 1.72. The maximum absolute atomic E-state index is 4.45. The maximum atomic E-state index is 4.45. The predicted molar refractivity (Wildman–Crippen MR) is 70.8 cm³/mol. The van der Waals surface area contributed by atoms with Crippen LogP contribution >= 0.6 is 0 Å². The fourth-order valence-corrected chi connectivity index (χ4v) is 3.65. The molecule has 4 heterocycles. The summed E-state index contributed by atoms with van der Waals surface area (Å²) in [5, 5.41) is 0. The van der Waals surface area contributed by atoms with Crippen molar-refractivity contribution in [3.05, 3.63) is 25.0 Å². The molecule has 0 saturated heterocycles. The number of aromatic nitrogens is 8. The summed E-state index contributed by atoms with van der Waals surface area (Å²) < 4.78 is 5.20. The van der Waals surface area contributed by atoms with E-state index in [4.69, 9.17) is 0 Å². The fraction of sp³-hybridized carbons (Fsp3) is 0. The number of fused-ring (bicyclic) bond motifs is 2. The van der Waals surface area contributed by atoms with Crippen molar-refractivity contribution < 1.29 is 0 Å². The molecule has 94 valence electrons. The predicted octanol–water partition coefficient (Wildman–Crippen LogP) is -0.136. The minimum atomic E-state index is -1.53. The molecule has 4 aromatic heterocycles. The van der Waals surface area contributed by atoms with Gasteiger partial charge >= 0.3 is 122 Å². The van der Waals surface area contributed by atoms with E-state index in [0.29, 0.717) is 17.2 Å². The molecule has 0 aliphatic rings. The van der Waals surface area contributed by atoms with E-state index in [1.54, 1.807) is 25.0 Å². The zero-order valence-electron chi connectivity index (χ0n) is 10.0. The molecule has 0 bridgehead atoms. The van der Waals surface area contributed by atoms with Crippen molar-refractivity contribution in [3.63, 3.8) is 0 Å². The Balaban J connectivity index is 1.69. The summed E-state index contributed by atoms with van der Waals surface area (Å²) in [5.41, 5.74) is 2.90. The van der Waals surface area contributed by atoms with E-state index in [-0.39, 0.29) is 0 Å². The number of rotatable bonds is 2. The summed E-state index contributed by atoms with van der Waals surface area (Å²) in [4.78, 5) is 31.1. The third-order valence-corrected chi connectivity index (χ3v) is 5.13. The van der Waals surface area contributed by atoms with Crippen LogP contribution in [0.5, 0.6) is 0 Å². The van der Waals surface area contributed by atoms with Crippen molar-refractivity contribution in [3.8, 4) is 0 Å². The monoisotopic (exact) mass is 367 g/mol. The standard InChI is InChI=1S/C5H3N5.C5H3N4.In/c6-5-7-1-3-4(10-5)9-2-8-3;1-4-5(8-2-6-1)9-3-7-4;/h1-2H,(H,7,8,9,10);1,3H,(H,6,7,8,9);. The molecule has 0 aliphatic carbocycles. The first kappa shape index (κ1) is 11.6. The number of nitrogens with zero attached hydrogens (tertiary/aromatic N) is 7. The zero-order valence-corrected chi connectivity index (χ0v) is 13.3. The number of H-pyrrole nitrogens is 2. The molecular formula is C10H6InN9. The van der Waals surface area contributed by atoms with Gasteiger partial charge in [-0.3, -0.25) is 0 Å². The Kier molecular flexibility index (Phi) is 2.73. The second-order valence-electron chi connectivity index (χ2n) is 3.94. The quantitative estimate of drug-likeness (QED) is 0.509. The van der Waals surface area contributed by atoms with Crippen LogP contribution in [0.1, 0.15) is 0 Å². The second kappa shape index (κ2) is 4.71. The molecule has 2 N–H and O–H groups in total. The van der Waals surface area contributed by atoms with E-state index >= 15 is 0 Å². The van der Waals surface area contributed by atoms with Gasteiger partial charge in [0, 0.05) is 0 Å². The third-order valence-electron chi connectivity index (χ3n) is 2.65. The molecule has 4 aromatic rings. The van der Waals surface area contributed by atoms with Crippen molar-refractivity contribution in [2.24, 2.45) is 2.92 Å². The van der Waals surface area contributed by atoms with Gasteiger partial charge < -0.3 is 0 Å². The van der Waals surface area contributed by atoms with Gasteiger partial charge in [-0.1, -0.05) is 0 Å². The molecule has 0 atom stereocenters. The van der Waals surface area contributed by atoms with Gasteiger partial charge in [0.2, 0.25) is 0 Å². The molecule has 0 unspecified atom stereocenters. The normalized spacial score (nSPS) is 11.4. The van der Waals surface area contributed by atoms with Gasteiger partial charge in [0.05, 0.1) is 0 Å². The number of imidazole rings is 2. The SMILES string of the molecule is c1nc2nc([N]=[In][c]3ncc4[nH]cnc4n3)ncc2[nH]1. The van der Waals surface area contributed by atoms with Gasteiger partial charge in [0.25, 0.3) is 0 Å². The molecule has 0 amide bonds. The molecule has 0 spiro atoms. The average molecular weight is 367 g/mol. The van der Waals surface area contributed by atoms with Gasteiger partial charge in [0.1, 0.15) is 0 Å². The van der Waals surface area contributed by atoms with Gasteiger partial charge in [-0.15, -0.1) is 0 Å². The number of nitrogens with one attached hydrogen (secondary N) is 2. The molecule has 20 heavy (non-hydrogen) atoms. The van der Waals surface area contributed by atoms with E-state index in [1.807, 2.05) is 0 Å². The Morgan fingerprint density at radius 2 is 1.55 bits per heavy atom. The number of hydrogen-bond acceptors (Lipinski definition) is 7. The Labute approximate surface area is 122 Å². The topological polar surface area (TPSA) is 121 Å². The first-order valence-corrected chi connectivity index (χ1v) is 8.87. The first-order valence-electron chi connectivity index (χ1n) is 5.75. The van der Waals surface area contributed by atoms with Crippen molar-refractivity contribution >= 4 is 54.6 Å². The van der Waals surface area contributed by atoms with Crippen LogP contribution in [0.4, 0.5) is 5.95 Å². The molecule has 0 radical (unpaired) electrons. The Bertz CT molecular complexity index is 848. The van der Waals surface area contributed by atoms with E-state index in [2.05, 4.69) is 42.8 Å². The summed E-state index contributed by atoms with van der Waals surface area (Å²) in [6, 6.07) is 0. The summed E-state index contributed by atoms with van der Waals surface area (Å²) in [7, 11) is 0. The Morgan fingerprint density at radius 1 is 0.850 bits per heavy atom. The van der Waals surface area contributed by atoms with Crippen LogP contribution in [0.3, 0.4) is 0 Å². The molecule has 4 rings (SSSR count). The van der Waals surface area contributed by atoms with Crippen LogP contribution in [-0.4, -0.2) is 62.6 Å². The number of hydrogen-bond donors (Lipinski definition) is 2. The van der Waals surface area contributed by atoms with Gasteiger partial charge in [-0.25, -0.2) is 0 Å². The second-order valence-corrected chi connectivity index (χ2v) is 6.88. The van der Waals surface area contributed by atoms with Gasteiger partial charge in [-0.05, 0) is 0 Å². The van der Waals surface area contributed by atoms with E-state index in [1.165, 1.54) is 0 Å². The van der Waals surface area contributed by atoms with Crippen molar-refractivity contribution in [1.29, 1.82) is 0 Å². The van der Waals surface area contributed by atoms with Crippen molar-refractivity contribution in [2.75, 3.05) is 0 Å². The van der Waals surface area contributed by atoms with E-state index in [9.17, 15) is 0 Å². The van der Waals surface area contributed by atoms with Crippen molar-refractivity contribution in [1.82, 2.24) is 39.9 Å². The van der Waals surface area contributed by atoms with E-state index in [0.717, 1.165) is 14.6 Å². The van der Waals surface area contributed by atoms with Crippen LogP contribution in [-0.2, 0) is 0 Å². The molecule has 0 fully saturated rings. The molecule has 0 aliphatic heterocycles. The Morgan fingerprint density at radius 3 is 2.35 bits per heavy atom. The van der Waals surface area contributed by atoms with Gasteiger partial charge in [-0.2, -0.15) is 0 Å². The third kappa shape index (κ3) is 2.07. The summed E-state index contributed by atoms with van der Waals surface area (Å²) >= 11 is -1.53. The summed E-state index contributed by atoms with van der Waals surface area (Å²) in [5.74, 6) is 0.441. The molecular weight excluding hydrogens is 361 g/mol. The van der Waals surface area contributed by atoms with Crippen LogP contribution in [0, 0.1) is 0 Å². The Hall–Kier alpha value is -2.23. The van der Waals surface area contributed by atoms with Crippen molar-refractivity contribution in [2.45, 2.75) is 0 Å². The molecule has 0 saturated carbocycles. The van der Waals surface area contributed by atoms with Crippen LogP contribution < -0.4 is 3.58 Å². The van der Waals surface area contributed by atoms with Crippen LogP contribution in [0.2, 0.25) is 0 Å². The summed E-state index contributed by atoms with van der Waals surface area (Å²) in [6.45, 7) is 0. The van der Waals surface area contributed by atoms with E-state index < -0.39 is 22.7 Å². The minimum absolute atomic E-state index is 0.441. The zero-order chi connectivity index (χ0) is 13.4.